The first-order valence-electron chi connectivity index (χ1n) is 8.16. The monoisotopic (exact) mass is 429 g/mol. The van der Waals surface area contributed by atoms with Crippen LogP contribution in [0.5, 0.6) is 0 Å². The van der Waals surface area contributed by atoms with Crippen LogP contribution >= 0.6 is 15.9 Å². The average Bonchev–Trinajstić information content (AvgIpc) is 3.11. The molecule has 0 atom stereocenters. The maximum atomic E-state index is 12.3. The van der Waals surface area contributed by atoms with Crippen molar-refractivity contribution in [2.45, 2.75) is 13.5 Å². The standard InChI is InChI=1S/C18H16BrN5O3/c1-2-27-18(26)14-5-3-4-6-15(14)20-16(25)11-24-22-17(21-23-24)12-7-9-13(19)10-8-12/h3-10H,2,11H2,1H3,(H,20,25). The summed E-state index contributed by atoms with van der Waals surface area (Å²) in [5.41, 5.74) is 1.45. The molecule has 9 heteroatoms. The smallest absolute Gasteiger partial charge is 0.340 e. The van der Waals surface area contributed by atoms with Crippen molar-refractivity contribution in [3.05, 3.63) is 58.6 Å². The number of aromatic nitrogens is 4. The molecule has 0 spiro atoms. The minimum Gasteiger partial charge on any atom is -0.462 e. The van der Waals surface area contributed by atoms with Crippen LogP contribution in [0.2, 0.25) is 0 Å². The van der Waals surface area contributed by atoms with E-state index >= 15 is 0 Å². The molecule has 0 fully saturated rings. The van der Waals surface area contributed by atoms with Crippen LogP contribution in [-0.4, -0.2) is 38.7 Å². The van der Waals surface area contributed by atoms with Gasteiger partial charge in [-0.3, -0.25) is 4.79 Å². The summed E-state index contributed by atoms with van der Waals surface area (Å²) in [5.74, 6) is -0.460. The summed E-state index contributed by atoms with van der Waals surface area (Å²) in [4.78, 5) is 25.5. The number of para-hydroxylation sites is 1. The van der Waals surface area contributed by atoms with E-state index in [1.165, 1.54) is 4.80 Å². The second-order valence-electron chi connectivity index (χ2n) is 5.46. The van der Waals surface area contributed by atoms with Gasteiger partial charge in [-0.05, 0) is 48.5 Å². The molecule has 0 saturated carbocycles. The zero-order valence-corrected chi connectivity index (χ0v) is 16.0. The van der Waals surface area contributed by atoms with Crippen LogP contribution in [0.1, 0.15) is 17.3 Å². The zero-order valence-electron chi connectivity index (χ0n) is 14.4. The Morgan fingerprint density at radius 2 is 1.89 bits per heavy atom. The van der Waals surface area contributed by atoms with Crippen molar-refractivity contribution in [3.8, 4) is 11.4 Å². The lowest BCUT2D eigenvalue weighted by Gasteiger charge is -2.09. The van der Waals surface area contributed by atoms with Crippen molar-refractivity contribution in [2.24, 2.45) is 0 Å². The number of hydrogen-bond acceptors (Lipinski definition) is 6. The Hall–Kier alpha value is -3.07. The third-order valence-corrected chi connectivity index (χ3v) is 4.07. The van der Waals surface area contributed by atoms with E-state index in [0.29, 0.717) is 11.5 Å². The average molecular weight is 430 g/mol. The Morgan fingerprint density at radius 3 is 2.63 bits per heavy atom. The highest BCUT2D eigenvalue weighted by atomic mass is 79.9. The minimum atomic E-state index is -0.496. The number of ether oxygens (including phenoxy) is 1. The number of tetrazole rings is 1. The molecule has 27 heavy (non-hydrogen) atoms. The van der Waals surface area contributed by atoms with E-state index < -0.39 is 5.97 Å². The lowest BCUT2D eigenvalue weighted by Crippen LogP contribution is -2.22. The maximum absolute atomic E-state index is 12.3. The van der Waals surface area contributed by atoms with Gasteiger partial charge >= 0.3 is 5.97 Å². The van der Waals surface area contributed by atoms with Gasteiger partial charge in [0.25, 0.3) is 0 Å². The molecule has 1 N–H and O–H groups in total. The fourth-order valence-corrected chi connectivity index (χ4v) is 2.59. The lowest BCUT2D eigenvalue weighted by molar-refractivity contribution is -0.117. The molecule has 0 radical (unpaired) electrons. The highest BCUT2D eigenvalue weighted by Crippen LogP contribution is 2.18. The van der Waals surface area contributed by atoms with Crippen molar-refractivity contribution < 1.29 is 14.3 Å². The van der Waals surface area contributed by atoms with Gasteiger partial charge in [-0.1, -0.05) is 28.1 Å². The molecule has 1 aromatic heterocycles. The number of carbonyl (C=O) groups excluding carboxylic acids is 2. The molecule has 3 rings (SSSR count). The van der Waals surface area contributed by atoms with Gasteiger partial charge in [-0.15, -0.1) is 10.2 Å². The molecular formula is C18H16BrN5O3. The summed E-state index contributed by atoms with van der Waals surface area (Å²) in [6.45, 7) is 1.84. The first-order chi connectivity index (χ1) is 13.1. The summed E-state index contributed by atoms with van der Waals surface area (Å²) in [6, 6.07) is 14.1. The van der Waals surface area contributed by atoms with E-state index in [0.717, 1.165) is 10.0 Å². The number of nitrogens with zero attached hydrogens (tertiary/aromatic N) is 4. The molecule has 2 aromatic carbocycles. The van der Waals surface area contributed by atoms with Crippen LogP contribution in [0.3, 0.4) is 0 Å². The predicted molar refractivity (Wildman–Crippen MR) is 102 cm³/mol. The number of benzene rings is 2. The van der Waals surface area contributed by atoms with Crippen LogP contribution in [-0.2, 0) is 16.1 Å². The molecule has 0 aliphatic rings. The Bertz CT molecular complexity index is 956. The van der Waals surface area contributed by atoms with E-state index in [1.54, 1.807) is 31.2 Å². The summed E-state index contributed by atoms with van der Waals surface area (Å²) in [5, 5.41) is 14.7. The van der Waals surface area contributed by atoms with Gasteiger partial charge in [-0.25, -0.2) is 4.79 Å². The topological polar surface area (TPSA) is 99.0 Å². The third-order valence-electron chi connectivity index (χ3n) is 3.54. The zero-order chi connectivity index (χ0) is 19.2. The molecule has 1 amide bonds. The fourth-order valence-electron chi connectivity index (χ4n) is 2.32. The molecule has 0 bridgehead atoms. The molecule has 138 valence electrons. The molecule has 0 aliphatic heterocycles. The molecular weight excluding hydrogens is 414 g/mol. The number of anilines is 1. The molecule has 3 aromatic rings. The summed E-state index contributed by atoms with van der Waals surface area (Å²) in [6.07, 6.45) is 0. The van der Waals surface area contributed by atoms with Crippen molar-refractivity contribution in [2.75, 3.05) is 11.9 Å². The first kappa shape index (κ1) is 18.7. The summed E-state index contributed by atoms with van der Waals surface area (Å²) < 4.78 is 5.94. The van der Waals surface area contributed by atoms with Crippen LogP contribution in [0.25, 0.3) is 11.4 Å². The number of carbonyl (C=O) groups is 2. The van der Waals surface area contributed by atoms with Gasteiger partial charge in [0.1, 0.15) is 6.54 Å². The van der Waals surface area contributed by atoms with Crippen LogP contribution < -0.4 is 5.32 Å². The van der Waals surface area contributed by atoms with Gasteiger partial charge in [0.15, 0.2) is 0 Å². The Balaban J connectivity index is 1.69. The number of esters is 1. The molecule has 8 nitrogen and oxygen atoms in total. The normalized spacial score (nSPS) is 10.4. The highest BCUT2D eigenvalue weighted by Gasteiger charge is 2.15. The summed E-state index contributed by atoms with van der Waals surface area (Å²) in [7, 11) is 0. The molecule has 0 saturated heterocycles. The van der Waals surface area contributed by atoms with Gasteiger partial charge in [0.2, 0.25) is 11.7 Å². The van der Waals surface area contributed by atoms with Crippen molar-refractivity contribution >= 4 is 33.5 Å². The molecule has 1 heterocycles. The van der Waals surface area contributed by atoms with Gasteiger partial charge in [-0.2, -0.15) is 4.80 Å². The SMILES string of the molecule is CCOC(=O)c1ccccc1NC(=O)Cn1nnc(-c2ccc(Br)cc2)n1. The maximum Gasteiger partial charge on any atom is 0.340 e. The molecule has 0 aliphatic carbocycles. The van der Waals surface area contributed by atoms with Gasteiger partial charge < -0.3 is 10.1 Å². The Kier molecular flexibility index (Phi) is 5.92. The third kappa shape index (κ3) is 4.76. The van der Waals surface area contributed by atoms with Gasteiger partial charge in [0, 0.05) is 10.0 Å². The van der Waals surface area contributed by atoms with E-state index in [4.69, 9.17) is 4.74 Å². The van der Waals surface area contributed by atoms with E-state index in [1.807, 2.05) is 24.3 Å². The number of amides is 1. The number of hydrogen-bond donors (Lipinski definition) is 1. The Morgan fingerprint density at radius 1 is 1.15 bits per heavy atom. The number of halogens is 1. The number of nitrogens with one attached hydrogen (secondary N) is 1. The van der Waals surface area contributed by atoms with E-state index in [9.17, 15) is 9.59 Å². The first-order valence-corrected chi connectivity index (χ1v) is 8.96. The van der Waals surface area contributed by atoms with E-state index in [2.05, 4.69) is 36.7 Å². The van der Waals surface area contributed by atoms with Crippen LogP contribution in [0, 0.1) is 0 Å². The van der Waals surface area contributed by atoms with Crippen molar-refractivity contribution in [1.29, 1.82) is 0 Å². The molecule has 0 unspecified atom stereocenters. The highest BCUT2D eigenvalue weighted by molar-refractivity contribution is 9.10. The largest absolute Gasteiger partial charge is 0.462 e. The fraction of sp³-hybridized carbons (Fsp3) is 0.167. The van der Waals surface area contributed by atoms with E-state index in [-0.39, 0.29) is 24.6 Å². The second-order valence-corrected chi connectivity index (χ2v) is 6.38. The number of rotatable bonds is 6. The van der Waals surface area contributed by atoms with Crippen LogP contribution in [0.15, 0.2) is 53.0 Å². The minimum absolute atomic E-state index is 0.138. The quantitative estimate of drug-likeness (QED) is 0.604. The lowest BCUT2D eigenvalue weighted by atomic mass is 10.2. The summed E-state index contributed by atoms with van der Waals surface area (Å²) >= 11 is 3.37. The predicted octanol–water partition coefficient (Wildman–Crippen LogP) is 2.92. The van der Waals surface area contributed by atoms with Crippen molar-refractivity contribution in [1.82, 2.24) is 20.2 Å². The Labute approximate surface area is 163 Å². The van der Waals surface area contributed by atoms with Gasteiger partial charge in [0.05, 0.1) is 17.9 Å². The van der Waals surface area contributed by atoms with Crippen molar-refractivity contribution in [3.63, 3.8) is 0 Å². The van der Waals surface area contributed by atoms with Crippen LogP contribution in [0.4, 0.5) is 5.69 Å². The second kappa shape index (κ2) is 8.54.